The van der Waals surface area contributed by atoms with Crippen molar-refractivity contribution in [3.63, 3.8) is 0 Å². The molecule has 0 fully saturated rings. The first-order valence-electron chi connectivity index (χ1n) is 10.3. The van der Waals surface area contributed by atoms with Gasteiger partial charge in [-0.15, -0.1) is 0 Å². The lowest BCUT2D eigenvalue weighted by molar-refractivity contribution is -0.139. The lowest BCUT2D eigenvalue weighted by Gasteiger charge is -2.25. The number of hydrogen-bond donors (Lipinski definition) is 1. The highest BCUT2D eigenvalue weighted by Gasteiger charge is 2.33. The Morgan fingerprint density at radius 1 is 1.06 bits per heavy atom. The minimum Gasteiger partial charge on any atom is -0.480 e. The molecule has 160 valence electrons. The number of ether oxygens (including phenoxy) is 1. The molecule has 6 nitrogen and oxygen atoms in total. The predicted molar refractivity (Wildman–Crippen MR) is 123 cm³/mol. The first-order chi connectivity index (χ1) is 15.6. The Labute approximate surface area is 189 Å². The van der Waals surface area contributed by atoms with Crippen molar-refractivity contribution < 1.29 is 9.53 Å². The molecule has 0 saturated carbocycles. The zero-order valence-electron chi connectivity index (χ0n) is 17.1. The van der Waals surface area contributed by atoms with Crippen molar-refractivity contribution in [1.29, 1.82) is 0 Å². The molecule has 0 saturated heterocycles. The quantitative estimate of drug-likeness (QED) is 0.501. The molecule has 32 heavy (non-hydrogen) atoms. The summed E-state index contributed by atoms with van der Waals surface area (Å²) in [4.78, 5) is 35.1. The summed E-state index contributed by atoms with van der Waals surface area (Å²) in [6, 6.07) is 22.2. The van der Waals surface area contributed by atoms with Crippen molar-refractivity contribution in [2.75, 3.05) is 0 Å². The second-order valence-electron chi connectivity index (χ2n) is 7.77. The average Bonchev–Trinajstić information content (AvgIpc) is 3.22. The summed E-state index contributed by atoms with van der Waals surface area (Å²) < 4.78 is 5.93. The largest absolute Gasteiger partial charge is 0.480 e. The van der Waals surface area contributed by atoms with Gasteiger partial charge in [0.25, 0.3) is 11.5 Å². The summed E-state index contributed by atoms with van der Waals surface area (Å²) in [5.74, 6) is 0.929. The van der Waals surface area contributed by atoms with Crippen LogP contribution in [-0.4, -0.2) is 26.9 Å². The number of benzene rings is 3. The van der Waals surface area contributed by atoms with Crippen LogP contribution in [-0.2, 0) is 24.3 Å². The highest BCUT2D eigenvalue weighted by Crippen LogP contribution is 2.32. The van der Waals surface area contributed by atoms with E-state index in [0.29, 0.717) is 40.5 Å². The second kappa shape index (κ2) is 8.48. The van der Waals surface area contributed by atoms with Gasteiger partial charge in [-0.3, -0.25) is 9.59 Å². The number of rotatable bonds is 5. The number of nitrogens with one attached hydrogen (secondary N) is 1. The number of hydrogen-bond acceptors (Lipinski definition) is 4. The van der Waals surface area contributed by atoms with Gasteiger partial charge in [-0.2, -0.15) is 0 Å². The molecule has 0 radical (unpaired) electrons. The number of halogens is 1. The van der Waals surface area contributed by atoms with Gasteiger partial charge in [-0.05, 0) is 41.5 Å². The summed E-state index contributed by atoms with van der Waals surface area (Å²) >= 11 is 6.10. The maximum atomic E-state index is 13.5. The van der Waals surface area contributed by atoms with Crippen LogP contribution in [0.15, 0.2) is 77.6 Å². The molecule has 5 rings (SSSR count). The van der Waals surface area contributed by atoms with Crippen LogP contribution in [0.5, 0.6) is 5.75 Å². The molecule has 0 aliphatic carbocycles. The number of para-hydroxylation sites is 1. The first-order valence-corrected chi connectivity index (χ1v) is 10.7. The van der Waals surface area contributed by atoms with Crippen LogP contribution in [0.1, 0.15) is 17.0 Å². The summed E-state index contributed by atoms with van der Waals surface area (Å²) in [5.41, 5.74) is 2.25. The third kappa shape index (κ3) is 4.09. The zero-order chi connectivity index (χ0) is 22.1. The van der Waals surface area contributed by atoms with Crippen LogP contribution < -0.4 is 10.3 Å². The van der Waals surface area contributed by atoms with E-state index in [9.17, 15) is 9.59 Å². The van der Waals surface area contributed by atoms with Gasteiger partial charge < -0.3 is 14.6 Å². The maximum absolute atomic E-state index is 13.5. The van der Waals surface area contributed by atoms with Crippen LogP contribution in [0.4, 0.5) is 0 Å². The standard InChI is InChI=1S/C25H20ClN3O3/c26-18-10-11-21-17(12-18)13-22(32-21)25(31)29(14-16-6-2-1-3-7-16)15-23-27-20-9-5-4-8-19(20)24(30)28-23/h1-12,22H,13-15H2,(H,27,28,30). The molecule has 4 aromatic rings. The molecule has 7 heteroatoms. The van der Waals surface area contributed by atoms with E-state index in [0.717, 1.165) is 11.1 Å². The number of H-pyrrole nitrogens is 1. The molecule has 1 unspecified atom stereocenters. The van der Waals surface area contributed by atoms with E-state index < -0.39 is 6.10 Å². The molecule has 1 atom stereocenters. The van der Waals surface area contributed by atoms with E-state index in [-0.39, 0.29) is 18.0 Å². The van der Waals surface area contributed by atoms with Gasteiger partial charge in [-0.1, -0.05) is 54.1 Å². The number of carbonyl (C=O) groups is 1. The number of fused-ring (bicyclic) bond motifs is 2. The average molecular weight is 446 g/mol. The van der Waals surface area contributed by atoms with Gasteiger partial charge in [0, 0.05) is 18.0 Å². The van der Waals surface area contributed by atoms with Crippen LogP contribution in [0, 0.1) is 0 Å². The Morgan fingerprint density at radius 3 is 2.69 bits per heavy atom. The van der Waals surface area contributed by atoms with E-state index in [1.165, 1.54) is 0 Å². The van der Waals surface area contributed by atoms with E-state index >= 15 is 0 Å². The molecule has 1 aromatic heterocycles. The predicted octanol–water partition coefficient (Wildman–Crippen LogP) is 4.11. The Hall–Kier alpha value is -3.64. The summed E-state index contributed by atoms with van der Waals surface area (Å²) in [6.45, 7) is 0.526. The number of aromatic amines is 1. The number of carbonyl (C=O) groups excluding carboxylic acids is 1. The Morgan fingerprint density at radius 2 is 1.84 bits per heavy atom. The first kappa shape index (κ1) is 20.3. The van der Waals surface area contributed by atoms with Crippen LogP contribution in [0.2, 0.25) is 5.02 Å². The molecular weight excluding hydrogens is 426 g/mol. The second-order valence-corrected chi connectivity index (χ2v) is 8.21. The van der Waals surface area contributed by atoms with Crippen molar-refractivity contribution in [2.45, 2.75) is 25.6 Å². The van der Waals surface area contributed by atoms with Crippen LogP contribution in [0.3, 0.4) is 0 Å². The van der Waals surface area contributed by atoms with Gasteiger partial charge in [-0.25, -0.2) is 4.98 Å². The molecule has 2 heterocycles. The van der Waals surface area contributed by atoms with Gasteiger partial charge in [0.1, 0.15) is 11.6 Å². The van der Waals surface area contributed by atoms with Crippen molar-refractivity contribution in [3.05, 3.63) is 105 Å². The fourth-order valence-electron chi connectivity index (χ4n) is 3.96. The minimum atomic E-state index is -0.653. The third-order valence-electron chi connectivity index (χ3n) is 5.50. The third-order valence-corrected chi connectivity index (χ3v) is 5.74. The van der Waals surface area contributed by atoms with Gasteiger partial charge in [0.15, 0.2) is 6.10 Å². The number of aromatic nitrogens is 2. The summed E-state index contributed by atoms with van der Waals surface area (Å²) in [7, 11) is 0. The molecule has 1 N–H and O–H groups in total. The molecule has 1 amide bonds. The smallest absolute Gasteiger partial charge is 0.264 e. The SMILES string of the molecule is O=C(C1Cc2cc(Cl)ccc2O1)N(Cc1ccccc1)Cc1nc2ccccc2c(=O)[nH]1. The van der Waals surface area contributed by atoms with Crippen molar-refractivity contribution in [1.82, 2.24) is 14.9 Å². The monoisotopic (exact) mass is 445 g/mol. The molecule has 0 bridgehead atoms. The zero-order valence-corrected chi connectivity index (χ0v) is 17.9. The highest BCUT2D eigenvalue weighted by atomic mass is 35.5. The minimum absolute atomic E-state index is 0.158. The fourth-order valence-corrected chi connectivity index (χ4v) is 4.16. The van der Waals surface area contributed by atoms with Gasteiger partial charge in [0.2, 0.25) is 0 Å². The highest BCUT2D eigenvalue weighted by molar-refractivity contribution is 6.30. The molecular formula is C25H20ClN3O3. The lowest BCUT2D eigenvalue weighted by Crippen LogP contribution is -2.41. The van der Waals surface area contributed by atoms with Gasteiger partial charge >= 0.3 is 0 Å². The summed E-state index contributed by atoms with van der Waals surface area (Å²) in [6.07, 6.45) is -0.207. The Balaban J connectivity index is 1.44. The topological polar surface area (TPSA) is 75.3 Å². The van der Waals surface area contributed by atoms with Crippen LogP contribution in [0.25, 0.3) is 10.9 Å². The molecule has 3 aromatic carbocycles. The summed E-state index contributed by atoms with van der Waals surface area (Å²) in [5, 5.41) is 1.13. The normalized spacial score (nSPS) is 14.7. The Kier molecular flexibility index (Phi) is 5.37. The lowest BCUT2D eigenvalue weighted by atomic mass is 10.1. The van der Waals surface area contributed by atoms with E-state index in [1.54, 1.807) is 35.2 Å². The van der Waals surface area contributed by atoms with Crippen molar-refractivity contribution in [2.24, 2.45) is 0 Å². The number of amides is 1. The van der Waals surface area contributed by atoms with E-state index in [4.69, 9.17) is 16.3 Å². The van der Waals surface area contributed by atoms with Crippen molar-refractivity contribution in [3.8, 4) is 5.75 Å². The maximum Gasteiger partial charge on any atom is 0.264 e. The Bertz CT molecular complexity index is 1350. The van der Waals surface area contributed by atoms with Crippen molar-refractivity contribution >= 4 is 28.4 Å². The van der Waals surface area contributed by atoms with Crippen LogP contribution >= 0.6 is 11.6 Å². The molecule has 1 aliphatic rings. The molecule has 0 spiro atoms. The molecule has 1 aliphatic heterocycles. The van der Waals surface area contributed by atoms with E-state index in [1.807, 2.05) is 42.5 Å². The van der Waals surface area contributed by atoms with E-state index in [2.05, 4.69) is 9.97 Å². The fraction of sp³-hybridized carbons (Fsp3) is 0.160. The van der Waals surface area contributed by atoms with Gasteiger partial charge in [0.05, 0.1) is 17.4 Å². The number of nitrogens with zero attached hydrogens (tertiary/aromatic N) is 2.